The Labute approximate surface area is 122 Å². The van der Waals surface area contributed by atoms with E-state index >= 15 is 0 Å². The highest BCUT2D eigenvalue weighted by molar-refractivity contribution is 5.77. The van der Waals surface area contributed by atoms with Crippen LogP contribution in [0.25, 0.3) is 0 Å². The van der Waals surface area contributed by atoms with Crippen molar-refractivity contribution in [1.29, 1.82) is 0 Å². The molecule has 1 rings (SSSR count). The lowest BCUT2D eigenvalue weighted by Gasteiger charge is -2.30. The van der Waals surface area contributed by atoms with Crippen LogP contribution < -0.4 is 0 Å². The first-order valence-corrected chi connectivity index (χ1v) is 7.31. The van der Waals surface area contributed by atoms with Gasteiger partial charge < -0.3 is 9.64 Å². The molecule has 1 amide bonds. The maximum atomic E-state index is 12.4. The lowest BCUT2D eigenvalue weighted by Crippen LogP contribution is -2.41. The lowest BCUT2D eigenvalue weighted by atomic mass is 10.1. The number of ether oxygens (including phenoxy) is 1. The van der Waals surface area contributed by atoms with Gasteiger partial charge in [0.25, 0.3) is 0 Å². The fourth-order valence-electron chi connectivity index (χ4n) is 1.85. The van der Waals surface area contributed by atoms with Crippen LogP contribution >= 0.6 is 0 Å². The number of carbonyl (C=O) groups excluding carboxylic acids is 1. The van der Waals surface area contributed by atoms with Gasteiger partial charge in [0.05, 0.1) is 5.60 Å². The summed E-state index contributed by atoms with van der Waals surface area (Å²) in [4.78, 5) is 14.3. The van der Waals surface area contributed by atoms with Crippen molar-refractivity contribution in [3.63, 3.8) is 0 Å². The molecule has 20 heavy (non-hydrogen) atoms. The molecule has 0 aliphatic carbocycles. The summed E-state index contributed by atoms with van der Waals surface area (Å²) in [5, 5.41) is 0. The molecule has 0 aliphatic rings. The summed E-state index contributed by atoms with van der Waals surface area (Å²) in [6, 6.07) is 10.3. The number of hydrogen-bond acceptors (Lipinski definition) is 2. The van der Waals surface area contributed by atoms with Gasteiger partial charge in [0.2, 0.25) is 5.91 Å². The Balaban J connectivity index is 2.71. The summed E-state index contributed by atoms with van der Waals surface area (Å²) < 4.78 is 5.61. The molecule has 0 aliphatic heterocycles. The SMILES string of the molecule is CCC(C)N(Cc1ccccc1)C(=O)COC(C)(C)C. The normalized spacial score (nSPS) is 13.1. The molecule has 1 aromatic rings. The standard InChI is InChI=1S/C17H27NO2/c1-6-14(2)18(12-15-10-8-7-9-11-15)16(19)13-20-17(3,4)5/h7-11,14H,6,12-13H2,1-5H3. The van der Waals surface area contributed by atoms with Gasteiger partial charge in [-0.1, -0.05) is 37.3 Å². The molecule has 0 radical (unpaired) electrons. The van der Waals surface area contributed by atoms with E-state index in [4.69, 9.17) is 4.74 Å². The zero-order chi connectivity index (χ0) is 15.2. The molecular weight excluding hydrogens is 250 g/mol. The van der Waals surface area contributed by atoms with Crippen molar-refractivity contribution >= 4 is 5.91 Å². The van der Waals surface area contributed by atoms with Crippen LogP contribution in [-0.2, 0) is 16.1 Å². The molecule has 1 atom stereocenters. The summed E-state index contributed by atoms with van der Waals surface area (Å²) in [6.45, 7) is 10.8. The van der Waals surface area contributed by atoms with E-state index in [1.54, 1.807) is 0 Å². The van der Waals surface area contributed by atoms with Crippen molar-refractivity contribution < 1.29 is 9.53 Å². The molecular formula is C17H27NO2. The molecule has 112 valence electrons. The molecule has 1 unspecified atom stereocenters. The Kier molecular flexibility index (Phi) is 6.21. The minimum Gasteiger partial charge on any atom is -0.366 e. The van der Waals surface area contributed by atoms with Gasteiger partial charge in [-0.2, -0.15) is 0 Å². The Bertz CT molecular complexity index is 409. The van der Waals surface area contributed by atoms with Crippen LogP contribution in [-0.4, -0.2) is 29.1 Å². The van der Waals surface area contributed by atoms with Gasteiger partial charge >= 0.3 is 0 Å². The first-order chi connectivity index (χ1) is 9.33. The predicted molar refractivity (Wildman–Crippen MR) is 82.5 cm³/mol. The maximum Gasteiger partial charge on any atom is 0.249 e. The van der Waals surface area contributed by atoms with Gasteiger partial charge in [0, 0.05) is 12.6 Å². The van der Waals surface area contributed by atoms with E-state index in [1.165, 1.54) is 0 Å². The fraction of sp³-hybridized carbons (Fsp3) is 0.588. The van der Waals surface area contributed by atoms with E-state index in [9.17, 15) is 4.79 Å². The predicted octanol–water partition coefficient (Wildman–Crippen LogP) is 3.63. The van der Waals surface area contributed by atoms with E-state index in [0.29, 0.717) is 6.54 Å². The van der Waals surface area contributed by atoms with Crippen LogP contribution in [0.2, 0.25) is 0 Å². The van der Waals surface area contributed by atoms with E-state index in [-0.39, 0.29) is 24.2 Å². The van der Waals surface area contributed by atoms with Crippen molar-refractivity contribution in [2.45, 2.75) is 59.2 Å². The number of nitrogens with zero attached hydrogens (tertiary/aromatic N) is 1. The Morgan fingerprint density at radius 1 is 1.25 bits per heavy atom. The minimum absolute atomic E-state index is 0.0538. The lowest BCUT2D eigenvalue weighted by molar-refractivity contribution is -0.143. The number of benzene rings is 1. The van der Waals surface area contributed by atoms with Crippen LogP contribution in [0.4, 0.5) is 0 Å². The van der Waals surface area contributed by atoms with E-state index in [0.717, 1.165) is 12.0 Å². The van der Waals surface area contributed by atoms with E-state index in [1.807, 2.05) is 56.0 Å². The highest BCUT2D eigenvalue weighted by atomic mass is 16.5. The van der Waals surface area contributed by atoms with Gasteiger partial charge in [0.1, 0.15) is 6.61 Å². The molecule has 0 aromatic heterocycles. The van der Waals surface area contributed by atoms with Gasteiger partial charge in [0.15, 0.2) is 0 Å². The highest BCUT2D eigenvalue weighted by Crippen LogP contribution is 2.13. The molecule has 0 heterocycles. The molecule has 0 bridgehead atoms. The first-order valence-electron chi connectivity index (χ1n) is 7.31. The van der Waals surface area contributed by atoms with Crippen LogP contribution in [0.15, 0.2) is 30.3 Å². The smallest absolute Gasteiger partial charge is 0.249 e. The second-order valence-corrected chi connectivity index (χ2v) is 6.17. The quantitative estimate of drug-likeness (QED) is 0.794. The number of carbonyl (C=O) groups is 1. The fourth-order valence-corrected chi connectivity index (χ4v) is 1.85. The summed E-state index contributed by atoms with van der Waals surface area (Å²) in [7, 11) is 0. The van der Waals surface area contributed by atoms with Crippen molar-refractivity contribution in [2.24, 2.45) is 0 Å². The molecule has 3 nitrogen and oxygen atoms in total. The van der Waals surface area contributed by atoms with Gasteiger partial charge in [-0.15, -0.1) is 0 Å². The molecule has 0 saturated heterocycles. The van der Waals surface area contributed by atoms with Crippen molar-refractivity contribution in [1.82, 2.24) is 4.90 Å². The van der Waals surface area contributed by atoms with Gasteiger partial charge in [-0.3, -0.25) is 4.79 Å². The average Bonchev–Trinajstić information content (AvgIpc) is 2.41. The van der Waals surface area contributed by atoms with Crippen LogP contribution in [0.3, 0.4) is 0 Å². The summed E-state index contributed by atoms with van der Waals surface area (Å²) in [6.07, 6.45) is 0.939. The summed E-state index contributed by atoms with van der Waals surface area (Å²) >= 11 is 0. The Hall–Kier alpha value is -1.35. The number of amides is 1. The van der Waals surface area contributed by atoms with Crippen LogP contribution in [0, 0.1) is 0 Å². The monoisotopic (exact) mass is 277 g/mol. The third kappa shape index (κ3) is 5.74. The minimum atomic E-state index is -0.288. The molecule has 0 N–H and O–H groups in total. The second kappa shape index (κ2) is 7.44. The van der Waals surface area contributed by atoms with Gasteiger partial charge in [-0.05, 0) is 39.7 Å². The van der Waals surface area contributed by atoms with Crippen LogP contribution in [0.5, 0.6) is 0 Å². The third-order valence-electron chi connectivity index (χ3n) is 3.27. The average molecular weight is 277 g/mol. The van der Waals surface area contributed by atoms with E-state index < -0.39 is 0 Å². The Morgan fingerprint density at radius 3 is 2.35 bits per heavy atom. The molecule has 0 saturated carbocycles. The molecule has 1 aromatic carbocycles. The zero-order valence-corrected chi connectivity index (χ0v) is 13.3. The third-order valence-corrected chi connectivity index (χ3v) is 3.27. The van der Waals surface area contributed by atoms with Crippen molar-refractivity contribution in [2.75, 3.05) is 6.61 Å². The zero-order valence-electron chi connectivity index (χ0n) is 13.3. The molecule has 0 spiro atoms. The van der Waals surface area contributed by atoms with Crippen molar-refractivity contribution in [3.8, 4) is 0 Å². The maximum absolute atomic E-state index is 12.4. The highest BCUT2D eigenvalue weighted by Gasteiger charge is 2.21. The van der Waals surface area contributed by atoms with E-state index in [2.05, 4.69) is 13.8 Å². The molecule has 3 heteroatoms. The second-order valence-electron chi connectivity index (χ2n) is 6.17. The number of hydrogen-bond donors (Lipinski definition) is 0. The van der Waals surface area contributed by atoms with Crippen molar-refractivity contribution in [3.05, 3.63) is 35.9 Å². The van der Waals surface area contributed by atoms with Gasteiger partial charge in [-0.25, -0.2) is 0 Å². The largest absolute Gasteiger partial charge is 0.366 e. The number of rotatable bonds is 6. The topological polar surface area (TPSA) is 29.5 Å². The van der Waals surface area contributed by atoms with Crippen LogP contribution in [0.1, 0.15) is 46.6 Å². The molecule has 0 fully saturated rings. The summed E-state index contributed by atoms with van der Waals surface area (Å²) in [5.41, 5.74) is 0.862. The first kappa shape index (κ1) is 16.7. The Morgan fingerprint density at radius 2 is 1.85 bits per heavy atom. The summed E-state index contributed by atoms with van der Waals surface area (Å²) in [5.74, 6) is 0.0538.